The van der Waals surface area contributed by atoms with Crippen LogP contribution in [0.4, 0.5) is 4.79 Å². The molecule has 0 radical (unpaired) electrons. The van der Waals surface area contributed by atoms with Gasteiger partial charge in [0.15, 0.2) is 0 Å². The van der Waals surface area contributed by atoms with E-state index < -0.39 is 6.03 Å². The molecule has 0 aliphatic carbocycles. The van der Waals surface area contributed by atoms with Crippen LogP contribution in [0.3, 0.4) is 0 Å². The van der Waals surface area contributed by atoms with Crippen molar-refractivity contribution in [2.45, 2.75) is 25.9 Å². The van der Waals surface area contributed by atoms with E-state index in [9.17, 15) is 9.59 Å². The number of nitrogens with two attached hydrogens (primary N) is 1. The van der Waals surface area contributed by atoms with Gasteiger partial charge < -0.3 is 15.8 Å². The fourth-order valence-corrected chi connectivity index (χ4v) is 1.10. The highest BCUT2D eigenvalue weighted by Gasteiger charge is 2.27. The molecule has 1 rings (SSSR count). The zero-order valence-corrected chi connectivity index (χ0v) is 7.37. The minimum absolute atomic E-state index is 0.0616. The molecule has 1 aliphatic rings. The number of primary amides is 1. The number of esters is 1. The van der Waals surface area contributed by atoms with Crippen LogP contribution in [0.5, 0.6) is 0 Å². The molecule has 0 aromatic rings. The lowest BCUT2D eigenvalue weighted by atomic mass is 10.1. The average molecular weight is 184 g/mol. The predicted octanol–water partition coefficient (Wildman–Crippen LogP) is 0.264. The maximum absolute atomic E-state index is 11.1. The summed E-state index contributed by atoms with van der Waals surface area (Å²) in [7, 11) is 0. The molecule has 2 amide bonds. The molecule has 0 bridgehead atoms. The molecule has 1 saturated heterocycles. The number of cyclic esters (lactones) is 1. The Morgan fingerprint density at radius 3 is 3.00 bits per heavy atom. The van der Waals surface area contributed by atoms with Gasteiger partial charge in [-0.05, 0) is 6.42 Å². The molecule has 5 nitrogen and oxygen atoms in total. The lowest BCUT2D eigenvalue weighted by Crippen LogP contribution is -2.25. The SMILES string of the molecule is CCC1C/C(=C\NC(N)=O)C(=O)O1. The van der Waals surface area contributed by atoms with E-state index in [4.69, 9.17) is 10.5 Å². The molecular formula is C8H12N2O3. The first kappa shape index (κ1) is 9.57. The van der Waals surface area contributed by atoms with Crippen LogP contribution in [-0.2, 0) is 9.53 Å². The third kappa shape index (κ3) is 2.47. The first-order valence-electron chi connectivity index (χ1n) is 4.09. The van der Waals surface area contributed by atoms with Gasteiger partial charge in [-0.1, -0.05) is 6.92 Å². The van der Waals surface area contributed by atoms with Crippen molar-refractivity contribution in [2.24, 2.45) is 5.73 Å². The maximum Gasteiger partial charge on any atom is 0.335 e. The highest BCUT2D eigenvalue weighted by atomic mass is 16.5. The van der Waals surface area contributed by atoms with Crippen LogP contribution < -0.4 is 11.1 Å². The van der Waals surface area contributed by atoms with Gasteiger partial charge >= 0.3 is 12.0 Å². The van der Waals surface area contributed by atoms with E-state index in [1.54, 1.807) is 0 Å². The van der Waals surface area contributed by atoms with E-state index in [-0.39, 0.29) is 12.1 Å². The summed E-state index contributed by atoms with van der Waals surface area (Å²) in [6.07, 6.45) is 2.56. The second-order valence-corrected chi connectivity index (χ2v) is 2.82. The Morgan fingerprint density at radius 1 is 1.85 bits per heavy atom. The van der Waals surface area contributed by atoms with Crippen LogP contribution in [0, 0.1) is 0 Å². The molecule has 0 aromatic carbocycles. The van der Waals surface area contributed by atoms with Crippen LogP contribution in [0.1, 0.15) is 19.8 Å². The quantitative estimate of drug-likeness (QED) is 0.477. The van der Waals surface area contributed by atoms with Gasteiger partial charge in [0.1, 0.15) is 6.10 Å². The summed E-state index contributed by atoms with van der Waals surface area (Å²) >= 11 is 0. The molecule has 1 aliphatic heterocycles. The van der Waals surface area contributed by atoms with Crippen LogP contribution in [0.2, 0.25) is 0 Å². The standard InChI is InChI=1S/C8H12N2O3/c1-2-6-3-5(7(11)13-6)4-10-8(9)12/h4,6H,2-3H2,1H3,(H3,9,10,12)/b5-4+. The maximum atomic E-state index is 11.1. The van der Waals surface area contributed by atoms with Gasteiger partial charge in [-0.15, -0.1) is 0 Å². The second kappa shape index (κ2) is 3.93. The number of amides is 2. The topological polar surface area (TPSA) is 81.4 Å². The molecule has 0 aromatic heterocycles. The zero-order valence-electron chi connectivity index (χ0n) is 7.37. The lowest BCUT2D eigenvalue weighted by Gasteiger charge is -2.01. The monoisotopic (exact) mass is 184 g/mol. The fourth-order valence-electron chi connectivity index (χ4n) is 1.10. The smallest absolute Gasteiger partial charge is 0.335 e. The molecule has 1 unspecified atom stereocenters. The van der Waals surface area contributed by atoms with Crippen molar-refractivity contribution < 1.29 is 14.3 Å². The Bertz CT molecular complexity index is 260. The first-order valence-corrected chi connectivity index (χ1v) is 4.09. The van der Waals surface area contributed by atoms with Crippen molar-refractivity contribution >= 4 is 12.0 Å². The van der Waals surface area contributed by atoms with Gasteiger partial charge in [0, 0.05) is 12.6 Å². The van der Waals surface area contributed by atoms with Crippen LogP contribution >= 0.6 is 0 Å². The molecule has 0 spiro atoms. The number of urea groups is 1. The number of ether oxygens (including phenoxy) is 1. The minimum atomic E-state index is -0.680. The molecular weight excluding hydrogens is 172 g/mol. The third-order valence-electron chi connectivity index (χ3n) is 1.83. The normalized spacial score (nSPS) is 24.5. The second-order valence-electron chi connectivity index (χ2n) is 2.82. The lowest BCUT2D eigenvalue weighted by molar-refractivity contribution is -0.138. The average Bonchev–Trinajstić information content (AvgIpc) is 2.43. The zero-order chi connectivity index (χ0) is 9.84. The summed E-state index contributed by atoms with van der Waals surface area (Å²) in [6, 6.07) is -0.680. The van der Waals surface area contributed by atoms with Gasteiger partial charge in [-0.2, -0.15) is 0 Å². The number of carbonyl (C=O) groups is 2. The van der Waals surface area contributed by atoms with E-state index >= 15 is 0 Å². The Hall–Kier alpha value is -1.52. The van der Waals surface area contributed by atoms with Crippen molar-refractivity contribution in [3.05, 3.63) is 11.8 Å². The van der Waals surface area contributed by atoms with Crippen molar-refractivity contribution in [3.8, 4) is 0 Å². The Kier molecular flexibility index (Phi) is 2.89. The largest absolute Gasteiger partial charge is 0.459 e. The number of hydrogen-bond acceptors (Lipinski definition) is 3. The van der Waals surface area contributed by atoms with E-state index in [1.165, 1.54) is 6.20 Å². The van der Waals surface area contributed by atoms with E-state index in [0.717, 1.165) is 6.42 Å². The highest BCUT2D eigenvalue weighted by molar-refractivity contribution is 5.91. The van der Waals surface area contributed by atoms with Gasteiger partial charge in [-0.3, -0.25) is 0 Å². The van der Waals surface area contributed by atoms with E-state index in [0.29, 0.717) is 12.0 Å². The number of hydrogen-bond donors (Lipinski definition) is 2. The van der Waals surface area contributed by atoms with Crippen molar-refractivity contribution in [1.29, 1.82) is 0 Å². The molecule has 1 fully saturated rings. The fraction of sp³-hybridized carbons (Fsp3) is 0.500. The first-order chi connectivity index (χ1) is 6.13. The Balaban J connectivity index is 2.56. The van der Waals surface area contributed by atoms with Crippen LogP contribution in [-0.4, -0.2) is 18.1 Å². The summed E-state index contributed by atoms with van der Waals surface area (Å²) in [5.74, 6) is -0.374. The van der Waals surface area contributed by atoms with E-state index in [1.807, 2.05) is 6.92 Å². The van der Waals surface area contributed by atoms with Crippen molar-refractivity contribution in [1.82, 2.24) is 5.32 Å². The van der Waals surface area contributed by atoms with Gasteiger partial charge in [0.25, 0.3) is 0 Å². The number of carbonyl (C=O) groups excluding carboxylic acids is 2. The molecule has 0 saturated carbocycles. The van der Waals surface area contributed by atoms with Crippen molar-refractivity contribution in [3.63, 3.8) is 0 Å². The number of nitrogens with one attached hydrogen (secondary N) is 1. The third-order valence-corrected chi connectivity index (χ3v) is 1.83. The molecule has 13 heavy (non-hydrogen) atoms. The van der Waals surface area contributed by atoms with E-state index in [2.05, 4.69) is 5.32 Å². The van der Waals surface area contributed by atoms with Gasteiger partial charge in [-0.25, -0.2) is 9.59 Å². The number of rotatable bonds is 2. The molecule has 1 atom stereocenters. The molecule has 72 valence electrons. The van der Waals surface area contributed by atoms with Crippen LogP contribution in [0.15, 0.2) is 11.8 Å². The summed E-state index contributed by atoms with van der Waals surface area (Å²) in [4.78, 5) is 21.4. The summed E-state index contributed by atoms with van der Waals surface area (Å²) in [6.45, 7) is 1.93. The van der Waals surface area contributed by atoms with Gasteiger partial charge in [0.05, 0.1) is 5.57 Å². The summed E-state index contributed by atoms with van der Waals surface area (Å²) in [5, 5.41) is 2.24. The minimum Gasteiger partial charge on any atom is -0.459 e. The summed E-state index contributed by atoms with van der Waals surface area (Å²) in [5.41, 5.74) is 5.30. The van der Waals surface area contributed by atoms with Crippen LogP contribution in [0.25, 0.3) is 0 Å². The van der Waals surface area contributed by atoms with Gasteiger partial charge in [0.2, 0.25) is 0 Å². The summed E-state index contributed by atoms with van der Waals surface area (Å²) < 4.78 is 4.96. The molecule has 1 heterocycles. The molecule has 3 N–H and O–H groups in total. The van der Waals surface area contributed by atoms with Crippen molar-refractivity contribution in [2.75, 3.05) is 0 Å². The Morgan fingerprint density at radius 2 is 2.54 bits per heavy atom. The Labute approximate surface area is 75.9 Å². The predicted molar refractivity (Wildman–Crippen MR) is 45.6 cm³/mol. The highest BCUT2D eigenvalue weighted by Crippen LogP contribution is 2.21. The molecule has 5 heteroatoms.